The monoisotopic (exact) mass is 401 g/mol. The molecule has 0 spiro atoms. The maximum atomic E-state index is 13.3. The second-order valence-electron chi connectivity index (χ2n) is 8.12. The molecular formula is C20H31N7O2. The number of ether oxygens (including phenoxy) is 1. The van der Waals surface area contributed by atoms with Gasteiger partial charge in [0.1, 0.15) is 0 Å². The van der Waals surface area contributed by atoms with Gasteiger partial charge in [0.25, 0.3) is 5.91 Å². The van der Waals surface area contributed by atoms with Gasteiger partial charge in [0.2, 0.25) is 0 Å². The Labute approximate surface area is 171 Å². The van der Waals surface area contributed by atoms with Gasteiger partial charge in [-0.3, -0.25) is 14.4 Å². The molecule has 4 rings (SSSR count). The first-order chi connectivity index (χ1) is 14.0. The molecular weight excluding hydrogens is 370 g/mol. The highest BCUT2D eigenvalue weighted by Gasteiger charge is 2.39. The molecule has 0 aromatic carbocycles. The van der Waals surface area contributed by atoms with Crippen molar-refractivity contribution in [2.45, 2.75) is 18.6 Å². The maximum Gasteiger partial charge on any atom is 0.290 e. The predicted octanol–water partition coefficient (Wildman–Crippen LogP) is 0.373. The zero-order chi connectivity index (χ0) is 20.4. The number of carbonyl (C=O) groups is 1. The number of hydrogen-bond acceptors (Lipinski definition) is 6. The third kappa shape index (κ3) is 4.36. The van der Waals surface area contributed by atoms with Gasteiger partial charge in [0.15, 0.2) is 5.82 Å². The molecule has 0 unspecified atom stereocenters. The summed E-state index contributed by atoms with van der Waals surface area (Å²) in [7, 11) is 5.93. The fourth-order valence-corrected chi connectivity index (χ4v) is 4.34. The molecule has 0 radical (unpaired) electrons. The Kier molecular flexibility index (Phi) is 5.98. The van der Waals surface area contributed by atoms with E-state index in [9.17, 15) is 4.79 Å². The first-order valence-corrected chi connectivity index (χ1v) is 10.3. The van der Waals surface area contributed by atoms with Crippen molar-refractivity contribution in [3.05, 3.63) is 36.2 Å². The Hall–Kier alpha value is -2.23. The molecule has 9 nitrogen and oxygen atoms in total. The fourth-order valence-electron chi connectivity index (χ4n) is 4.34. The standard InChI is InChI=1S/C20H31N7O2/c1-23-6-4-7-26(10-9-23)15-17-18(16-13-22-25(3)14-16)27(11-12-29-17)20(28)19-21-5-8-24(19)2/h5,8,13-14,17-18H,4,6-7,9-12,15H2,1-3H3/t17-,18-/m0/s1. The minimum Gasteiger partial charge on any atom is -0.373 e. The van der Waals surface area contributed by atoms with Crippen LogP contribution in [0.1, 0.15) is 28.6 Å². The van der Waals surface area contributed by atoms with Crippen LogP contribution in [0.15, 0.2) is 24.8 Å². The summed E-state index contributed by atoms with van der Waals surface area (Å²) in [6.07, 6.45) is 8.36. The van der Waals surface area contributed by atoms with Crippen molar-refractivity contribution in [2.75, 3.05) is 52.9 Å². The van der Waals surface area contributed by atoms with Crippen LogP contribution in [0.5, 0.6) is 0 Å². The first kappa shape index (κ1) is 20.1. The van der Waals surface area contributed by atoms with E-state index in [0.717, 1.165) is 44.7 Å². The number of morpholine rings is 1. The van der Waals surface area contributed by atoms with Crippen molar-refractivity contribution in [2.24, 2.45) is 14.1 Å². The van der Waals surface area contributed by atoms with E-state index in [0.29, 0.717) is 19.0 Å². The molecule has 9 heteroatoms. The molecule has 0 N–H and O–H groups in total. The molecule has 29 heavy (non-hydrogen) atoms. The number of carbonyl (C=O) groups excluding carboxylic acids is 1. The molecule has 0 bridgehead atoms. The molecule has 2 aliphatic rings. The number of aryl methyl sites for hydroxylation is 2. The average Bonchev–Trinajstić information content (AvgIpc) is 3.27. The number of likely N-dealkylation sites (N-methyl/N-ethyl adjacent to an activating group) is 1. The first-order valence-electron chi connectivity index (χ1n) is 10.3. The summed E-state index contributed by atoms with van der Waals surface area (Å²) in [5.74, 6) is 0.395. The lowest BCUT2D eigenvalue weighted by Gasteiger charge is -2.42. The van der Waals surface area contributed by atoms with E-state index in [1.807, 2.05) is 31.4 Å². The van der Waals surface area contributed by atoms with Crippen molar-refractivity contribution in [3.8, 4) is 0 Å². The zero-order valence-electron chi connectivity index (χ0n) is 17.6. The number of hydrogen-bond donors (Lipinski definition) is 0. The van der Waals surface area contributed by atoms with Crippen molar-refractivity contribution in [1.82, 2.24) is 34.0 Å². The van der Waals surface area contributed by atoms with E-state index in [4.69, 9.17) is 4.74 Å². The highest BCUT2D eigenvalue weighted by atomic mass is 16.5. The lowest BCUT2D eigenvalue weighted by Crippen LogP contribution is -2.52. The van der Waals surface area contributed by atoms with Gasteiger partial charge in [-0.25, -0.2) is 4.98 Å². The van der Waals surface area contributed by atoms with Gasteiger partial charge in [-0.05, 0) is 26.6 Å². The smallest absolute Gasteiger partial charge is 0.290 e. The van der Waals surface area contributed by atoms with Gasteiger partial charge >= 0.3 is 0 Å². The van der Waals surface area contributed by atoms with Crippen molar-refractivity contribution in [1.29, 1.82) is 0 Å². The van der Waals surface area contributed by atoms with Crippen LogP contribution in [0.25, 0.3) is 0 Å². The van der Waals surface area contributed by atoms with Gasteiger partial charge in [-0.2, -0.15) is 5.10 Å². The number of aromatic nitrogens is 4. The van der Waals surface area contributed by atoms with Crippen molar-refractivity contribution in [3.63, 3.8) is 0 Å². The molecule has 2 atom stereocenters. The average molecular weight is 402 g/mol. The molecule has 0 saturated carbocycles. The highest BCUT2D eigenvalue weighted by molar-refractivity contribution is 5.91. The largest absolute Gasteiger partial charge is 0.373 e. The highest BCUT2D eigenvalue weighted by Crippen LogP contribution is 2.31. The molecule has 0 aliphatic carbocycles. The number of amides is 1. The molecule has 2 aliphatic heterocycles. The summed E-state index contributed by atoms with van der Waals surface area (Å²) in [4.78, 5) is 24.4. The minimum atomic E-state index is -0.178. The summed E-state index contributed by atoms with van der Waals surface area (Å²) in [5.41, 5.74) is 1.01. The van der Waals surface area contributed by atoms with Gasteiger partial charge < -0.3 is 19.1 Å². The number of rotatable bonds is 4. The van der Waals surface area contributed by atoms with E-state index in [2.05, 4.69) is 26.9 Å². The van der Waals surface area contributed by atoms with Gasteiger partial charge in [0.05, 0.1) is 24.9 Å². The molecule has 2 aromatic heterocycles. The van der Waals surface area contributed by atoms with Gasteiger partial charge in [0, 0.05) is 64.4 Å². The van der Waals surface area contributed by atoms with Crippen LogP contribution in [0.2, 0.25) is 0 Å². The van der Waals surface area contributed by atoms with Gasteiger partial charge in [-0.15, -0.1) is 0 Å². The lowest BCUT2D eigenvalue weighted by molar-refractivity contribution is -0.0727. The van der Waals surface area contributed by atoms with E-state index < -0.39 is 0 Å². The fraction of sp³-hybridized carbons (Fsp3) is 0.650. The summed E-state index contributed by atoms with van der Waals surface area (Å²) in [6, 6.07) is -0.178. The number of imidazole rings is 1. The SMILES string of the molecule is CN1CCCN(C[C@@H]2OCCN(C(=O)c3nccn3C)[C@H]2c2cnn(C)c2)CC1. The molecule has 2 aromatic rings. The van der Waals surface area contributed by atoms with Crippen LogP contribution >= 0.6 is 0 Å². The van der Waals surface area contributed by atoms with E-state index in [-0.39, 0.29) is 18.1 Å². The van der Waals surface area contributed by atoms with Crippen LogP contribution in [0.3, 0.4) is 0 Å². The second-order valence-corrected chi connectivity index (χ2v) is 8.12. The lowest BCUT2D eigenvalue weighted by atomic mass is 10.00. The van der Waals surface area contributed by atoms with Crippen molar-refractivity contribution < 1.29 is 9.53 Å². The Morgan fingerprint density at radius 1 is 1.17 bits per heavy atom. The summed E-state index contributed by atoms with van der Waals surface area (Å²) in [6.45, 7) is 6.13. The summed E-state index contributed by atoms with van der Waals surface area (Å²) < 4.78 is 9.80. The summed E-state index contributed by atoms with van der Waals surface area (Å²) >= 11 is 0. The van der Waals surface area contributed by atoms with Crippen molar-refractivity contribution >= 4 is 5.91 Å². The van der Waals surface area contributed by atoms with Crippen LogP contribution in [-0.2, 0) is 18.8 Å². The summed E-state index contributed by atoms with van der Waals surface area (Å²) in [5, 5.41) is 4.35. The van der Waals surface area contributed by atoms with Crippen LogP contribution < -0.4 is 0 Å². The molecule has 2 fully saturated rings. The van der Waals surface area contributed by atoms with E-state index in [1.54, 1.807) is 21.6 Å². The molecule has 1 amide bonds. The second kappa shape index (κ2) is 8.64. The predicted molar refractivity (Wildman–Crippen MR) is 108 cm³/mol. The Balaban J connectivity index is 1.59. The molecule has 2 saturated heterocycles. The molecule has 158 valence electrons. The normalized spacial score (nSPS) is 24.6. The third-order valence-electron chi connectivity index (χ3n) is 5.94. The van der Waals surface area contributed by atoms with Gasteiger partial charge in [-0.1, -0.05) is 0 Å². The Bertz CT molecular complexity index is 832. The maximum absolute atomic E-state index is 13.3. The number of nitrogens with zero attached hydrogens (tertiary/aromatic N) is 7. The van der Waals surface area contributed by atoms with Crippen LogP contribution in [0, 0.1) is 0 Å². The quantitative estimate of drug-likeness (QED) is 0.737. The van der Waals surface area contributed by atoms with E-state index >= 15 is 0 Å². The molecule has 4 heterocycles. The van der Waals surface area contributed by atoms with Crippen LogP contribution in [-0.4, -0.2) is 99.0 Å². The zero-order valence-corrected chi connectivity index (χ0v) is 17.6. The third-order valence-corrected chi connectivity index (χ3v) is 5.94. The Morgan fingerprint density at radius 3 is 2.76 bits per heavy atom. The Morgan fingerprint density at radius 2 is 2.03 bits per heavy atom. The minimum absolute atomic E-state index is 0.0600. The van der Waals surface area contributed by atoms with E-state index in [1.165, 1.54) is 0 Å². The topological polar surface area (TPSA) is 71.7 Å². The van der Waals surface area contributed by atoms with Crippen LogP contribution in [0.4, 0.5) is 0 Å².